The Balaban J connectivity index is 1.71. The van der Waals surface area contributed by atoms with E-state index in [1.165, 1.54) is 24.6 Å². The van der Waals surface area contributed by atoms with Crippen molar-refractivity contribution in [3.8, 4) is 11.5 Å². The van der Waals surface area contributed by atoms with Gasteiger partial charge in [-0.25, -0.2) is 8.42 Å². The highest BCUT2D eigenvalue weighted by atomic mass is 79.9. The average molecular weight is 511 g/mol. The van der Waals surface area contributed by atoms with Gasteiger partial charge in [-0.1, -0.05) is 15.9 Å². The van der Waals surface area contributed by atoms with E-state index in [1.54, 1.807) is 12.1 Å². The van der Waals surface area contributed by atoms with Crippen LogP contribution in [0.1, 0.15) is 24.0 Å². The van der Waals surface area contributed by atoms with Gasteiger partial charge in [0.2, 0.25) is 15.9 Å². The Morgan fingerprint density at radius 3 is 2.23 bits per heavy atom. The van der Waals surface area contributed by atoms with Crippen LogP contribution in [0.25, 0.3) is 0 Å². The number of anilines is 1. The number of amides is 1. The molecule has 0 aromatic heterocycles. The number of halogens is 1. The molecule has 7 nitrogen and oxygen atoms in total. The molecule has 0 aliphatic carbocycles. The molecule has 168 valence electrons. The summed E-state index contributed by atoms with van der Waals surface area (Å²) in [6, 6.07) is 8.61. The van der Waals surface area contributed by atoms with Crippen molar-refractivity contribution in [3.63, 3.8) is 0 Å². The average Bonchev–Trinajstić information content (AvgIpc) is 2.75. The lowest BCUT2D eigenvalue weighted by Gasteiger charge is -2.31. The van der Waals surface area contributed by atoms with Crippen molar-refractivity contribution < 1.29 is 22.7 Å². The molecule has 1 aliphatic rings. The number of benzene rings is 2. The Morgan fingerprint density at radius 2 is 1.68 bits per heavy atom. The van der Waals surface area contributed by atoms with Gasteiger partial charge in [0.25, 0.3) is 0 Å². The lowest BCUT2D eigenvalue weighted by molar-refractivity contribution is -0.120. The zero-order chi connectivity index (χ0) is 22.8. The molecule has 1 amide bonds. The van der Waals surface area contributed by atoms with E-state index < -0.39 is 10.0 Å². The highest BCUT2D eigenvalue weighted by molar-refractivity contribution is 9.10. The van der Waals surface area contributed by atoms with Crippen molar-refractivity contribution in [2.24, 2.45) is 5.92 Å². The van der Waals surface area contributed by atoms with E-state index in [1.807, 2.05) is 26.0 Å². The summed E-state index contributed by atoms with van der Waals surface area (Å²) in [5.74, 6) is 0.376. The van der Waals surface area contributed by atoms with Gasteiger partial charge in [0, 0.05) is 35.2 Å². The van der Waals surface area contributed by atoms with Gasteiger partial charge in [0.15, 0.2) is 0 Å². The molecule has 3 rings (SSSR count). The SMILES string of the molecule is COc1ccc(OC)c(S(=O)(=O)N2CCC(C(=O)Nc3c(C)cc(Br)cc3C)CC2)c1. The van der Waals surface area contributed by atoms with Crippen LogP contribution in [-0.4, -0.2) is 45.9 Å². The molecule has 1 fully saturated rings. The third-order valence-corrected chi connectivity index (χ3v) is 7.94. The van der Waals surface area contributed by atoms with Crippen LogP contribution in [0, 0.1) is 19.8 Å². The monoisotopic (exact) mass is 510 g/mol. The normalized spacial score (nSPS) is 15.5. The molecular formula is C22H27BrN2O5S. The van der Waals surface area contributed by atoms with Gasteiger partial charge in [-0.15, -0.1) is 0 Å². The molecule has 1 N–H and O–H groups in total. The van der Waals surface area contributed by atoms with Crippen LogP contribution >= 0.6 is 15.9 Å². The second-order valence-corrected chi connectivity index (χ2v) is 10.4. The number of sulfonamides is 1. The highest BCUT2D eigenvalue weighted by Crippen LogP contribution is 2.33. The van der Waals surface area contributed by atoms with Crippen molar-refractivity contribution in [3.05, 3.63) is 45.9 Å². The maximum absolute atomic E-state index is 13.2. The maximum atomic E-state index is 13.2. The first-order valence-electron chi connectivity index (χ1n) is 9.97. The minimum absolute atomic E-state index is 0.0679. The van der Waals surface area contributed by atoms with Crippen LogP contribution in [0.5, 0.6) is 11.5 Å². The van der Waals surface area contributed by atoms with Crippen molar-refractivity contribution in [2.75, 3.05) is 32.6 Å². The van der Waals surface area contributed by atoms with Crippen LogP contribution in [0.4, 0.5) is 5.69 Å². The zero-order valence-corrected chi connectivity index (χ0v) is 20.5. The molecule has 0 bridgehead atoms. The van der Waals surface area contributed by atoms with Gasteiger partial charge in [0.1, 0.15) is 16.4 Å². The Hall–Kier alpha value is -2.10. The van der Waals surface area contributed by atoms with Crippen molar-refractivity contribution in [1.29, 1.82) is 0 Å². The summed E-state index contributed by atoms with van der Waals surface area (Å²) < 4.78 is 39.2. The topological polar surface area (TPSA) is 84.9 Å². The quantitative estimate of drug-likeness (QED) is 0.631. The standard InChI is InChI=1S/C22H27BrN2O5S/c1-14-11-17(23)12-15(2)21(14)24-22(26)16-7-9-25(10-8-16)31(27,28)20-13-18(29-3)5-6-19(20)30-4/h5-6,11-13,16H,7-10H2,1-4H3,(H,24,26). The fraction of sp³-hybridized carbons (Fsp3) is 0.409. The van der Waals surface area contributed by atoms with Gasteiger partial charge in [-0.2, -0.15) is 4.31 Å². The molecule has 1 aliphatic heterocycles. The van der Waals surface area contributed by atoms with Gasteiger partial charge in [-0.3, -0.25) is 4.79 Å². The van der Waals surface area contributed by atoms with E-state index in [0.717, 1.165) is 21.3 Å². The minimum Gasteiger partial charge on any atom is -0.497 e. The summed E-state index contributed by atoms with van der Waals surface area (Å²) in [6.45, 7) is 4.42. The molecule has 0 spiro atoms. The fourth-order valence-corrected chi connectivity index (χ4v) is 6.14. The third kappa shape index (κ3) is 5.05. The molecule has 1 heterocycles. The van der Waals surface area contributed by atoms with Crippen LogP contribution in [0.3, 0.4) is 0 Å². The van der Waals surface area contributed by atoms with Gasteiger partial charge in [0.05, 0.1) is 14.2 Å². The number of hydrogen-bond acceptors (Lipinski definition) is 5. The summed E-state index contributed by atoms with van der Waals surface area (Å²) in [6.07, 6.45) is 0.901. The number of ether oxygens (including phenoxy) is 2. The summed E-state index contributed by atoms with van der Waals surface area (Å²) in [4.78, 5) is 12.9. The molecule has 0 radical (unpaired) electrons. The molecule has 31 heavy (non-hydrogen) atoms. The Morgan fingerprint density at radius 1 is 1.06 bits per heavy atom. The minimum atomic E-state index is -3.77. The largest absolute Gasteiger partial charge is 0.497 e. The number of piperidine rings is 1. The van der Waals surface area contributed by atoms with Crippen LogP contribution < -0.4 is 14.8 Å². The molecule has 0 atom stereocenters. The third-order valence-electron chi connectivity index (χ3n) is 5.56. The maximum Gasteiger partial charge on any atom is 0.246 e. The van der Waals surface area contributed by atoms with Gasteiger partial charge in [-0.05, 0) is 62.1 Å². The first-order valence-corrected chi connectivity index (χ1v) is 12.2. The number of carbonyl (C=O) groups excluding carboxylic acids is 1. The number of carbonyl (C=O) groups is 1. The molecule has 0 unspecified atom stereocenters. The van der Waals surface area contributed by atoms with E-state index in [2.05, 4.69) is 21.2 Å². The predicted octanol–water partition coefficient (Wildman–Crippen LogP) is 4.12. The number of methoxy groups -OCH3 is 2. The Labute approximate surface area is 191 Å². The smallest absolute Gasteiger partial charge is 0.246 e. The fourth-order valence-electron chi connectivity index (χ4n) is 3.82. The first-order chi connectivity index (χ1) is 14.7. The van der Waals surface area contributed by atoms with Crippen molar-refractivity contribution in [1.82, 2.24) is 4.31 Å². The molecule has 1 saturated heterocycles. The van der Waals surface area contributed by atoms with E-state index in [0.29, 0.717) is 18.6 Å². The van der Waals surface area contributed by atoms with E-state index in [-0.39, 0.29) is 35.6 Å². The van der Waals surface area contributed by atoms with Crippen molar-refractivity contribution >= 4 is 37.5 Å². The van der Waals surface area contributed by atoms with E-state index in [4.69, 9.17) is 9.47 Å². The van der Waals surface area contributed by atoms with E-state index >= 15 is 0 Å². The van der Waals surface area contributed by atoms with Crippen molar-refractivity contribution in [2.45, 2.75) is 31.6 Å². The molecule has 2 aromatic carbocycles. The zero-order valence-electron chi connectivity index (χ0n) is 18.1. The highest BCUT2D eigenvalue weighted by Gasteiger charge is 2.34. The number of rotatable bonds is 6. The summed E-state index contributed by atoms with van der Waals surface area (Å²) in [5.41, 5.74) is 2.76. The Bertz CT molecular complexity index is 1060. The lowest BCUT2D eigenvalue weighted by Crippen LogP contribution is -2.41. The van der Waals surface area contributed by atoms with E-state index in [9.17, 15) is 13.2 Å². The molecular weight excluding hydrogens is 484 g/mol. The second-order valence-electron chi connectivity index (χ2n) is 7.60. The first kappa shape index (κ1) is 23.6. The van der Waals surface area contributed by atoms with Gasteiger partial charge < -0.3 is 14.8 Å². The van der Waals surface area contributed by atoms with Crippen LogP contribution in [0.15, 0.2) is 39.7 Å². The second kappa shape index (κ2) is 9.58. The van der Waals surface area contributed by atoms with Gasteiger partial charge >= 0.3 is 0 Å². The lowest BCUT2D eigenvalue weighted by atomic mass is 9.96. The summed E-state index contributed by atoms with van der Waals surface area (Å²) in [7, 11) is -0.855. The number of hydrogen-bond donors (Lipinski definition) is 1. The number of nitrogens with one attached hydrogen (secondary N) is 1. The predicted molar refractivity (Wildman–Crippen MR) is 123 cm³/mol. The number of nitrogens with zero attached hydrogens (tertiary/aromatic N) is 1. The summed E-state index contributed by atoms with van der Waals surface area (Å²) >= 11 is 3.46. The molecule has 2 aromatic rings. The van der Waals surface area contributed by atoms with Crippen LogP contribution in [0.2, 0.25) is 0 Å². The molecule has 9 heteroatoms. The number of aryl methyl sites for hydroxylation is 2. The Kier molecular flexibility index (Phi) is 7.28. The molecule has 0 saturated carbocycles. The summed E-state index contributed by atoms with van der Waals surface area (Å²) in [5, 5.41) is 3.03. The van der Waals surface area contributed by atoms with Crippen LogP contribution in [-0.2, 0) is 14.8 Å².